The Kier molecular flexibility index (Phi) is 3.95. The lowest BCUT2D eigenvalue weighted by molar-refractivity contribution is -0.104. The minimum Gasteiger partial charge on any atom is -0.393 e. The third kappa shape index (κ3) is 2.75. The van der Waals surface area contributed by atoms with E-state index in [1.54, 1.807) is 0 Å². The van der Waals surface area contributed by atoms with Crippen LogP contribution in [0.4, 0.5) is 0 Å². The monoisotopic (exact) mass is 252 g/mol. The first kappa shape index (κ1) is 12.9. The molecule has 2 heteroatoms. The van der Waals surface area contributed by atoms with E-state index in [0.717, 1.165) is 31.3 Å². The van der Waals surface area contributed by atoms with E-state index in [1.165, 1.54) is 57.8 Å². The molecule has 3 atom stereocenters. The Hall–Kier alpha value is -0.0800. The molecule has 1 N–H and O–H groups in total. The van der Waals surface area contributed by atoms with Crippen molar-refractivity contribution >= 4 is 0 Å². The zero-order valence-corrected chi connectivity index (χ0v) is 11.6. The normalized spacial score (nSPS) is 40.8. The highest BCUT2D eigenvalue weighted by Crippen LogP contribution is 2.46. The topological polar surface area (TPSA) is 29.5 Å². The van der Waals surface area contributed by atoms with Gasteiger partial charge in [-0.15, -0.1) is 0 Å². The van der Waals surface area contributed by atoms with Crippen LogP contribution >= 0.6 is 0 Å². The molecule has 104 valence electrons. The lowest BCUT2D eigenvalue weighted by Gasteiger charge is -2.41. The Morgan fingerprint density at radius 2 is 1.67 bits per heavy atom. The molecule has 0 aromatic rings. The van der Waals surface area contributed by atoms with Crippen LogP contribution in [-0.2, 0) is 4.74 Å². The highest BCUT2D eigenvalue weighted by atomic mass is 16.5. The molecule has 2 aliphatic carbocycles. The molecule has 0 aromatic carbocycles. The summed E-state index contributed by atoms with van der Waals surface area (Å²) < 4.78 is 6.14. The maximum Gasteiger partial charge on any atom is 0.0685 e. The van der Waals surface area contributed by atoms with Gasteiger partial charge >= 0.3 is 0 Å². The number of hydrogen-bond donors (Lipinski definition) is 1. The van der Waals surface area contributed by atoms with E-state index < -0.39 is 0 Å². The zero-order chi connectivity index (χ0) is 12.4. The molecule has 18 heavy (non-hydrogen) atoms. The third-order valence-electron chi connectivity index (χ3n) is 5.65. The van der Waals surface area contributed by atoms with Gasteiger partial charge in [-0.1, -0.05) is 32.1 Å². The number of ether oxygens (including phenoxy) is 1. The van der Waals surface area contributed by atoms with E-state index in [9.17, 15) is 5.11 Å². The smallest absolute Gasteiger partial charge is 0.0685 e. The summed E-state index contributed by atoms with van der Waals surface area (Å²) in [6.07, 6.45) is 13.8. The SMILES string of the molecule is OC1CCCCC(C2CCOC3(CCCC3)C2)C1. The molecular weight excluding hydrogens is 224 g/mol. The van der Waals surface area contributed by atoms with Crippen LogP contribution in [0.1, 0.15) is 70.6 Å². The number of rotatable bonds is 1. The van der Waals surface area contributed by atoms with Gasteiger partial charge in [0.1, 0.15) is 0 Å². The summed E-state index contributed by atoms with van der Waals surface area (Å²) in [4.78, 5) is 0. The van der Waals surface area contributed by atoms with Gasteiger partial charge in [0.2, 0.25) is 0 Å². The molecule has 3 fully saturated rings. The van der Waals surface area contributed by atoms with E-state index in [1.807, 2.05) is 0 Å². The minimum absolute atomic E-state index is 0.0279. The summed E-state index contributed by atoms with van der Waals surface area (Å²) in [7, 11) is 0. The molecule has 1 aliphatic heterocycles. The summed E-state index contributed by atoms with van der Waals surface area (Å²) in [5.41, 5.74) is 0.250. The van der Waals surface area contributed by atoms with Gasteiger partial charge in [0, 0.05) is 6.61 Å². The van der Waals surface area contributed by atoms with Crippen molar-refractivity contribution in [1.29, 1.82) is 0 Å². The molecule has 2 saturated carbocycles. The van der Waals surface area contributed by atoms with Crippen molar-refractivity contribution in [2.75, 3.05) is 6.61 Å². The highest BCUT2D eigenvalue weighted by Gasteiger charge is 2.42. The average molecular weight is 252 g/mol. The van der Waals surface area contributed by atoms with E-state index in [4.69, 9.17) is 4.74 Å². The maximum absolute atomic E-state index is 10.0. The van der Waals surface area contributed by atoms with E-state index >= 15 is 0 Å². The quantitative estimate of drug-likeness (QED) is 0.722. The van der Waals surface area contributed by atoms with E-state index in [0.29, 0.717) is 0 Å². The molecule has 1 heterocycles. The Labute approximate surface area is 111 Å². The fourth-order valence-corrected chi connectivity index (χ4v) is 4.64. The van der Waals surface area contributed by atoms with Crippen molar-refractivity contribution in [3.63, 3.8) is 0 Å². The highest BCUT2D eigenvalue weighted by molar-refractivity contribution is 4.93. The number of aliphatic hydroxyl groups excluding tert-OH is 1. The summed E-state index contributed by atoms with van der Waals surface area (Å²) in [5, 5.41) is 10.0. The lowest BCUT2D eigenvalue weighted by Crippen LogP contribution is -2.40. The fraction of sp³-hybridized carbons (Fsp3) is 1.00. The minimum atomic E-state index is -0.0279. The van der Waals surface area contributed by atoms with Gasteiger partial charge in [-0.25, -0.2) is 0 Å². The Morgan fingerprint density at radius 1 is 0.889 bits per heavy atom. The Bertz CT molecular complexity index is 270. The summed E-state index contributed by atoms with van der Waals surface area (Å²) in [6, 6.07) is 0. The first-order valence-electron chi connectivity index (χ1n) is 8.09. The molecule has 0 aromatic heterocycles. The van der Waals surface area contributed by atoms with Crippen LogP contribution in [0.25, 0.3) is 0 Å². The maximum atomic E-state index is 10.0. The second kappa shape index (κ2) is 5.50. The average Bonchev–Trinajstić information content (AvgIpc) is 2.69. The van der Waals surface area contributed by atoms with Crippen molar-refractivity contribution in [2.24, 2.45) is 11.8 Å². The van der Waals surface area contributed by atoms with Gasteiger partial charge in [0.05, 0.1) is 11.7 Å². The fourth-order valence-electron chi connectivity index (χ4n) is 4.64. The largest absolute Gasteiger partial charge is 0.393 e. The molecule has 3 rings (SSSR count). The van der Waals surface area contributed by atoms with E-state index in [2.05, 4.69) is 0 Å². The Balaban J connectivity index is 1.63. The van der Waals surface area contributed by atoms with Gasteiger partial charge < -0.3 is 9.84 Å². The zero-order valence-electron chi connectivity index (χ0n) is 11.6. The van der Waals surface area contributed by atoms with E-state index in [-0.39, 0.29) is 11.7 Å². The summed E-state index contributed by atoms with van der Waals surface area (Å²) in [5.74, 6) is 1.59. The van der Waals surface area contributed by atoms with Crippen LogP contribution < -0.4 is 0 Å². The molecule has 0 amide bonds. The van der Waals surface area contributed by atoms with Crippen LogP contribution in [0.3, 0.4) is 0 Å². The predicted octanol–water partition coefficient (Wildman–Crippen LogP) is 3.67. The standard InChI is InChI=1S/C16H28O2/c17-15-6-2-1-5-13(11-15)14-7-10-18-16(12-14)8-3-4-9-16/h13-15,17H,1-12H2. The van der Waals surface area contributed by atoms with Crippen LogP contribution in [0.15, 0.2) is 0 Å². The second-order valence-corrected chi connectivity index (χ2v) is 6.93. The summed E-state index contributed by atoms with van der Waals surface area (Å²) >= 11 is 0. The predicted molar refractivity (Wildman–Crippen MR) is 72.5 cm³/mol. The second-order valence-electron chi connectivity index (χ2n) is 6.93. The summed E-state index contributed by atoms with van der Waals surface area (Å²) in [6.45, 7) is 0.970. The first-order chi connectivity index (χ1) is 8.77. The van der Waals surface area contributed by atoms with Gasteiger partial charge in [-0.05, 0) is 50.4 Å². The van der Waals surface area contributed by atoms with Gasteiger partial charge in [0.15, 0.2) is 0 Å². The van der Waals surface area contributed by atoms with Crippen LogP contribution in [0.2, 0.25) is 0 Å². The van der Waals surface area contributed by atoms with Gasteiger partial charge in [0.25, 0.3) is 0 Å². The number of aliphatic hydroxyl groups is 1. The Morgan fingerprint density at radius 3 is 2.50 bits per heavy atom. The molecule has 0 radical (unpaired) electrons. The molecule has 1 spiro atoms. The van der Waals surface area contributed by atoms with Crippen molar-refractivity contribution in [1.82, 2.24) is 0 Å². The molecule has 1 saturated heterocycles. The lowest BCUT2D eigenvalue weighted by atomic mass is 9.75. The van der Waals surface area contributed by atoms with Crippen LogP contribution in [-0.4, -0.2) is 23.4 Å². The number of hydrogen-bond acceptors (Lipinski definition) is 2. The van der Waals surface area contributed by atoms with Gasteiger partial charge in [-0.3, -0.25) is 0 Å². The molecular formula is C16H28O2. The van der Waals surface area contributed by atoms with Crippen molar-refractivity contribution < 1.29 is 9.84 Å². The molecule has 0 bridgehead atoms. The van der Waals surface area contributed by atoms with Crippen LogP contribution in [0, 0.1) is 11.8 Å². The van der Waals surface area contributed by atoms with Crippen LogP contribution in [0.5, 0.6) is 0 Å². The van der Waals surface area contributed by atoms with Crippen molar-refractivity contribution in [3.8, 4) is 0 Å². The molecule has 3 aliphatic rings. The molecule has 2 nitrogen and oxygen atoms in total. The van der Waals surface area contributed by atoms with Crippen molar-refractivity contribution in [3.05, 3.63) is 0 Å². The van der Waals surface area contributed by atoms with Gasteiger partial charge in [-0.2, -0.15) is 0 Å². The molecule has 3 unspecified atom stereocenters. The third-order valence-corrected chi connectivity index (χ3v) is 5.65. The first-order valence-corrected chi connectivity index (χ1v) is 8.09. The van der Waals surface area contributed by atoms with Crippen molar-refractivity contribution in [2.45, 2.75) is 82.3 Å².